The van der Waals surface area contributed by atoms with Crippen LogP contribution in [0.15, 0.2) is 52.0 Å². The van der Waals surface area contributed by atoms with E-state index in [1.807, 2.05) is 38.2 Å². The quantitative estimate of drug-likeness (QED) is 0.753. The molecular formula is C16H18N2O3. The van der Waals surface area contributed by atoms with Crippen LogP contribution in [0.2, 0.25) is 0 Å². The standard InChI is InChI=1S/C16H18N2O3/c1-16(7-8-17-2,14-10-18-11-20-14)21-13-5-3-4-12-6-9-19-15(12)13/h3-6,9-11,17H,7-8H2,1-2H3/t16-/m1/s1. The second-order valence-corrected chi connectivity index (χ2v) is 5.15. The van der Waals surface area contributed by atoms with Crippen LogP contribution in [0.4, 0.5) is 0 Å². The van der Waals surface area contributed by atoms with Crippen molar-refractivity contribution in [3.63, 3.8) is 0 Å². The third-order valence-electron chi connectivity index (χ3n) is 3.58. The van der Waals surface area contributed by atoms with Crippen molar-refractivity contribution >= 4 is 11.0 Å². The van der Waals surface area contributed by atoms with Gasteiger partial charge < -0.3 is 18.9 Å². The number of rotatable bonds is 6. The van der Waals surface area contributed by atoms with E-state index >= 15 is 0 Å². The molecule has 21 heavy (non-hydrogen) atoms. The van der Waals surface area contributed by atoms with E-state index in [0.29, 0.717) is 11.5 Å². The van der Waals surface area contributed by atoms with Crippen LogP contribution in [0.25, 0.3) is 11.0 Å². The van der Waals surface area contributed by atoms with Crippen LogP contribution in [-0.2, 0) is 5.60 Å². The molecule has 0 amide bonds. The molecule has 1 N–H and O–H groups in total. The number of para-hydroxylation sites is 1. The topological polar surface area (TPSA) is 60.4 Å². The van der Waals surface area contributed by atoms with Crippen molar-refractivity contribution in [2.24, 2.45) is 0 Å². The molecule has 0 spiro atoms. The predicted molar refractivity (Wildman–Crippen MR) is 79.2 cm³/mol. The number of hydrogen-bond acceptors (Lipinski definition) is 5. The fraction of sp³-hybridized carbons (Fsp3) is 0.312. The van der Waals surface area contributed by atoms with E-state index in [-0.39, 0.29) is 0 Å². The van der Waals surface area contributed by atoms with Crippen LogP contribution in [0.5, 0.6) is 5.75 Å². The van der Waals surface area contributed by atoms with E-state index in [1.165, 1.54) is 6.39 Å². The fourth-order valence-electron chi connectivity index (χ4n) is 2.35. The third-order valence-corrected chi connectivity index (χ3v) is 3.58. The summed E-state index contributed by atoms with van der Waals surface area (Å²) in [5, 5.41) is 4.15. The summed E-state index contributed by atoms with van der Waals surface area (Å²) in [6, 6.07) is 7.76. The molecule has 0 saturated carbocycles. The van der Waals surface area contributed by atoms with Crippen LogP contribution in [-0.4, -0.2) is 18.6 Å². The molecule has 0 bridgehead atoms. The normalized spacial score (nSPS) is 14.2. The Balaban J connectivity index is 1.96. The molecule has 0 unspecified atom stereocenters. The molecule has 2 heterocycles. The molecule has 0 aliphatic carbocycles. The minimum absolute atomic E-state index is 0.611. The number of nitrogens with zero attached hydrogens (tertiary/aromatic N) is 1. The van der Waals surface area contributed by atoms with Gasteiger partial charge in [-0.1, -0.05) is 12.1 Å². The number of benzene rings is 1. The number of oxazole rings is 1. The van der Waals surface area contributed by atoms with Crippen LogP contribution < -0.4 is 10.1 Å². The summed E-state index contributed by atoms with van der Waals surface area (Å²) in [6.45, 7) is 2.79. The third kappa shape index (κ3) is 2.64. The first-order valence-electron chi connectivity index (χ1n) is 6.92. The summed E-state index contributed by atoms with van der Waals surface area (Å²) in [7, 11) is 1.91. The Kier molecular flexibility index (Phi) is 3.66. The molecule has 1 aromatic carbocycles. The van der Waals surface area contributed by atoms with E-state index in [4.69, 9.17) is 13.6 Å². The van der Waals surface area contributed by atoms with Gasteiger partial charge in [0.05, 0.1) is 12.5 Å². The maximum Gasteiger partial charge on any atom is 0.181 e. The summed E-state index contributed by atoms with van der Waals surface area (Å²) < 4.78 is 17.2. The van der Waals surface area contributed by atoms with Gasteiger partial charge in [0.25, 0.3) is 0 Å². The van der Waals surface area contributed by atoms with E-state index in [1.54, 1.807) is 12.5 Å². The van der Waals surface area contributed by atoms with E-state index in [2.05, 4.69) is 10.3 Å². The Labute approximate surface area is 122 Å². The first kappa shape index (κ1) is 13.7. The molecule has 0 aliphatic rings. The highest BCUT2D eigenvalue weighted by atomic mass is 16.5. The molecule has 5 nitrogen and oxygen atoms in total. The second-order valence-electron chi connectivity index (χ2n) is 5.15. The van der Waals surface area contributed by atoms with Gasteiger partial charge >= 0.3 is 0 Å². The Morgan fingerprint density at radius 3 is 2.95 bits per heavy atom. The molecule has 0 radical (unpaired) electrons. The van der Waals surface area contributed by atoms with Gasteiger partial charge in [-0.25, -0.2) is 4.98 Å². The summed E-state index contributed by atoms with van der Waals surface area (Å²) in [4.78, 5) is 4.00. The molecule has 1 atom stereocenters. The zero-order chi connectivity index (χ0) is 14.7. The van der Waals surface area contributed by atoms with Crippen LogP contribution in [0.3, 0.4) is 0 Å². The molecular weight excluding hydrogens is 268 g/mol. The molecule has 0 aliphatic heterocycles. The Bertz CT molecular complexity index is 705. The monoisotopic (exact) mass is 286 g/mol. The number of furan rings is 1. The lowest BCUT2D eigenvalue weighted by molar-refractivity contribution is 0.0544. The predicted octanol–water partition coefficient (Wildman–Crippen LogP) is 3.32. The highest BCUT2D eigenvalue weighted by molar-refractivity contribution is 5.82. The number of aromatic nitrogens is 1. The smallest absolute Gasteiger partial charge is 0.181 e. The Morgan fingerprint density at radius 2 is 2.19 bits per heavy atom. The first-order chi connectivity index (χ1) is 10.2. The Morgan fingerprint density at radius 1 is 1.29 bits per heavy atom. The highest BCUT2D eigenvalue weighted by Crippen LogP contribution is 2.35. The van der Waals surface area contributed by atoms with Crippen molar-refractivity contribution in [2.45, 2.75) is 18.9 Å². The molecule has 3 rings (SSSR count). The Hall–Kier alpha value is -2.27. The van der Waals surface area contributed by atoms with Crippen molar-refractivity contribution in [1.82, 2.24) is 10.3 Å². The summed E-state index contributed by atoms with van der Waals surface area (Å²) >= 11 is 0. The molecule has 2 aromatic heterocycles. The van der Waals surface area contributed by atoms with Gasteiger partial charge in [0.2, 0.25) is 0 Å². The van der Waals surface area contributed by atoms with Crippen molar-refractivity contribution < 1.29 is 13.6 Å². The van der Waals surface area contributed by atoms with Gasteiger partial charge in [-0.15, -0.1) is 0 Å². The zero-order valence-electron chi connectivity index (χ0n) is 12.1. The lowest BCUT2D eigenvalue weighted by Gasteiger charge is -2.28. The van der Waals surface area contributed by atoms with Crippen molar-refractivity contribution in [1.29, 1.82) is 0 Å². The van der Waals surface area contributed by atoms with Crippen molar-refractivity contribution in [3.05, 3.63) is 48.9 Å². The average molecular weight is 286 g/mol. The second kappa shape index (κ2) is 5.61. The molecule has 5 heteroatoms. The zero-order valence-corrected chi connectivity index (χ0v) is 12.1. The first-order valence-corrected chi connectivity index (χ1v) is 6.92. The van der Waals surface area contributed by atoms with Crippen LogP contribution >= 0.6 is 0 Å². The number of fused-ring (bicyclic) bond motifs is 1. The van der Waals surface area contributed by atoms with Crippen LogP contribution in [0.1, 0.15) is 19.1 Å². The van der Waals surface area contributed by atoms with Gasteiger partial charge in [-0.2, -0.15) is 0 Å². The fourth-order valence-corrected chi connectivity index (χ4v) is 2.35. The minimum atomic E-state index is -0.611. The van der Waals surface area contributed by atoms with Crippen molar-refractivity contribution in [2.75, 3.05) is 13.6 Å². The van der Waals surface area contributed by atoms with Gasteiger partial charge in [0, 0.05) is 11.8 Å². The van der Waals surface area contributed by atoms with E-state index in [9.17, 15) is 0 Å². The number of ether oxygens (including phenoxy) is 1. The lowest BCUT2D eigenvalue weighted by atomic mass is 9.99. The van der Waals surface area contributed by atoms with E-state index in [0.717, 1.165) is 23.9 Å². The molecule has 3 aromatic rings. The van der Waals surface area contributed by atoms with Gasteiger partial charge in [-0.05, 0) is 32.6 Å². The van der Waals surface area contributed by atoms with Gasteiger partial charge in [0.1, 0.15) is 0 Å². The maximum absolute atomic E-state index is 6.25. The molecule has 0 fully saturated rings. The SMILES string of the molecule is CNCC[C@@](C)(Oc1cccc2ccoc12)c1cnco1. The minimum Gasteiger partial charge on any atom is -0.476 e. The van der Waals surface area contributed by atoms with Gasteiger partial charge in [-0.3, -0.25) is 0 Å². The largest absolute Gasteiger partial charge is 0.476 e. The summed E-state index contributed by atoms with van der Waals surface area (Å²) in [5.41, 5.74) is 0.133. The maximum atomic E-state index is 6.25. The highest BCUT2D eigenvalue weighted by Gasteiger charge is 2.33. The van der Waals surface area contributed by atoms with Crippen LogP contribution in [0, 0.1) is 0 Å². The van der Waals surface area contributed by atoms with E-state index < -0.39 is 5.60 Å². The van der Waals surface area contributed by atoms with Crippen molar-refractivity contribution in [3.8, 4) is 5.75 Å². The summed E-state index contributed by atoms with van der Waals surface area (Å²) in [6.07, 6.45) is 5.52. The lowest BCUT2D eigenvalue weighted by Crippen LogP contribution is -2.32. The molecule has 110 valence electrons. The number of hydrogen-bond donors (Lipinski definition) is 1. The average Bonchev–Trinajstić information content (AvgIpc) is 3.16. The summed E-state index contributed by atoms with van der Waals surface area (Å²) in [5.74, 6) is 1.40. The molecule has 0 saturated heterocycles. The number of nitrogens with one attached hydrogen (secondary N) is 1. The van der Waals surface area contributed by atoms with Gasteiger partial charge in [0.15, 0.2) is 29.1 Å².